The molecule has 94 valence electrons. The smallest absolute Gasteiger partial charge is 0.125 e. The highest BCUT2D eigenvalue weighted by atomic mass is 35.5. The summed E-state index contributed by atoms with van der Waals surface area (Å²) in [5.41, 5.74) is 3.89. The van der Waals surface area contributed by atoms with E-state index >= 15 is 0 Å². The van der Waals surface area contributed by atoms with Crippen molar-refractivity contribution < 1.29 is 4.74 Å². The zero-order chi connectivity index (χ0) is 12.6. The van der Waals surface area contributed by atoms with E-state index < -0.39 is 0 Å². The van der Waals surface area contributed by atoms with Gasteiger partial charge in [-0.25, -0.2) is 0 Å². The van der Waals surface area contributed by atoms with Gasteiger partial charge in [-0.1, -0.05) is 19.1 Å². The second-order valence-electron chi connectivity index (χ2n) is 5.19. The highest BCUT2D eigenvalue weighted by Crippen LogP contribution is 2.46. The van der Waals surface area contributed by atoms with Gasteiger partial charge < -0.3 is 4.74 Å². The molecule has 0 radical (unpaired) electrons. The van der Waals surface area contributed by atoms with Crippen molar-refractivity contribution >= 4 is 11.6 Å². The van der Waals surface area contributed by atoms with Gasteiger partial charge in [0.05, 0.1) is 7.11 Å². The molecule has 0 spiro atoms. The van der Waals surface area contributed by atoms with Crippen LogP contribution in [0, 0.1) is 19.8 Å². The van der Waals surface area contributed by atoms with Crippen LogP contribution >= 0.6 is 11.6 Å². The Morgan fingerprint density at radius 3 is 2.47 bits per heavy atom. The minimum atomic E-state index is 0.311. The summed E-state index contributed by atoms with van der Waals surface area (Å²) in [6.07, 6.45) is 2.29. The Morgan fingerprint density at radius 1 is 1.24 bits per heavy atom. The summed E-state index contributed by atoms with van der Waals surface area (Å²) in [7, 11) is 1.77. The van der Waals surface area contributed by atoms with Gasteiger partial charge in [-0.3, -0.25) is 0 Å². The van der Waals surface area contributed by atoms with Crippen LogP contribution in [0.25, 0.3) is 0 Å². The van der Waals surface area contributed by atoms with Crippen LogP contribution in [0.4, 0.5) is 0 Å². The van der Waals surface area contributed by atoms with E-state index in [0.29, 0.717) is 17.2 Å². The van der Waals surface area contributed by atoms with Crippen molar-refractivity contribution in [3.63, 3.8) is 0 Å². The molecule has 0 aromatic heterocycles. The van der Waals surface area contributed by atoms with Crippen LogP contribution in [0.15, 0.2) is 12.1 Å². The molecule has 0 saturated heterocycles. The van der Waals surface area contributed by atoms with Crippen LogP contribution < -0.4 is 4.74 Å². The second kappa shape index (κ2) is 4.89. The molecule has 0 N–H and O–H groups in total. The standard InChI is InChI=1S/C15H21ClO/c1-9-5-6-13(15(17-4)10(9)2)12-7-8-14(16)11(12)3/h5-6,11-12,14H,7-8H2,1-4H3. The number of methoxy groups -OCH3 is 1. The fourth-order valence-corrected chi connectivity index (χ4v) is 3.23. The molecule has 3 atom stereocenters. The molecule has 17 heavy (non-hydrogen) atoms. The third-order valence-electron chi connectivity index (χ3n) is 4.27. The maximum Gasteiger partial charge on any atom is 0.125 e. The molecule has 2 heteroatoms. The van der Waals surface area contributed by atoms with E-state index in [1.54, 1.807) is 7.11 Å². The Balaban J connectivity index is 2.42. The molecule has 1 nitrogen and oxygen atoms in total. The molecule has 0 aliphatic heterocycles. The van der Waals surface area contributed by atoms with Crippen LogP contribution in [0.5, 0.6) is 5.75 Å². The molecule has 0 amide bonds. The molecule has 1 fully saturated rings. The van der Waals surface area contributed by atoms with Gasteiger partial charge in [0.2, 0.25) is 0 Å². The first-order chi connectivity index (χ1) is 8.06. The van der Waals surface area contributed by atoms with Crippen molar-refractivity contribution in [3.05, 3.63) is 28.8 Å². The number of hydrogen-bond donors (Lipinski definition) is 0. The zero-order valence-corrected chi connectivity index (χ0v) is 11.8. The largest absolute Gasteiger partial charge is 0.496 e. The fourth-order valence-electron chi connectivity index (χ4n) is 2.93. The average molecular weight is 253 g/mol. The average Bonchev–Trinajstić information content (AvgIpc) is 2.64. The van der Waals surface area contributed by atoms with Crippen LogP contribution in [0.2, 0.25) is 0 Å². The molecule has 0 heterocycles. The molecule has 3 unspecified atom stereocenters. The van der Waals surface area contributed by atoms with Gasteiger partial charge in [-0.2, -0.15) is 0 Å². The topological polar surface area (TPSA) is 9.23 Å². The Kier molecular flexibility index (Phi) is 3.67. The van der Waals surface area contributed by atoms with E-state index in [1.165, 1.54) is 23.1 Å². The van der Waals surface area contributed by atoms with Crippen LogP contribution in [0.3, 0.4) is 0 Å². The Hall–Kier alpha value is -0.690. The number of ether oxygens (including phenoxy) is 1. The molecule has 1 aliphatic carbocycles. The molecule has 1 saturated carbocycles. The second-order valence-corrected chi connectivity index (χ2v) is 5.75. The number of benzene rings is 1. The number of aryl methyl sites for hydroxylation is 1. The molecule has 2 rings (SSSR count). The molecular formula is C15H21ClO. The monoisotopic (exact) mass is 252 g/mol. The Labute approximate surface area is 109 Å². The van der Waals surface area contributed by atoms with Gasteiger partial charge in [0, 0.05) is 5.38 Å². The quantitative estimate of drug-likeness (QED) is 0.708. The lowest BCUT2D eigenvalue weighted by atomic mass is 9.87. The van der Waals surface area contributed by atoms with Gasteiger partial charge >= 0.3 is 0 Å². The number of halogens is 1. The fraction of sp³-hybridized carbons (Fsp3) is 0.600. The first-order valence-electron chi connectivity index (χ1n) is 6.34. The number of hydrogen-bond acceptors (Lipinski definition) is 1. The summed E-state index contributed by atoms with van der Waals surface area (Å²) in [4.78, 5) is 0. The van der Waals surface area contributed by atoms with Gasteiger partial charge in [0.25, 0.3) is 0 Å². The minimum absolute atomic E-state index is 0.311. The van der Waals surface area contributed by atoms with E-state index in [1.807, 2.05) is 0 Å². The number of rotatable bonds is 2. The Morgan fingerprint density at radius 2 is 1.94 bits per heavy atom. The van der Waals surface area contributed by atoms with Crippen molar-refractivity contribution in [3.8, 4) is 5.75 Å². The molecule has 1 aliphatic rings. The lowest BCUT2D eigenvalue weighted by Gasteiger charge is -2.22. The van der Waals surface area contributed by atoms with Crippen molar-refractivity contribution in [2.75, 3.05) is 7.11 Å². The highest BCUT2D eigenvalue weighted by molar-refractivity contribution is 6.21. The van der Waals surface area contributed by atoms with E-state index in [9.17, 15) is 0 Å². The van der Waals surface area contributed by atoms with Gasteiger partial charge in [0.1, 0.15) is 5.75 Å². The number of alkyl halides is 1. The minimum Gasteiger partial charge on any atom is -0.496 e. The maximum atomic E-state index is 6.33. The third kappa shape index (κ3) is 2.18. The first-order valence-corrected chi connectivity index (χ1v) is 6.78. The highest BCUT2D eigenvalue weighted by Gasteiger charge is 2.34. The summed E-state index contributed by atoms with van der Waals surface area (Å²) < 4.78 is 5.61. The normalized spacial score (nSPS) is 28.4. The van der Waals surface area contributed by atoms with E-state index in [-0.39, 0.29) is 0 Å². The van der Waals surface area contributed by atoms with Crippen molar-refractivity contribution in [2.24, 2.45) is 5.92 Å². The summed E-state index contributed by atoms with van der Waals surface area (Å²) in [6, 6.07) is 4.42. The zero-order valence-electron chi connectivity index (χ0n) is 11.1. The third-order valence-corrected chi connectivity index (χ3v) is 4.89. The van der Waals surface area contributed by atoms with Crippen molar-refractivity contribution in [2.45, 2.75) is 44.9 Å². The first kappa shape index (κ1) is 12.8. The van der Waals surface area contributed by atoms with E-state index in [4.69, 9.17) is 16.3 Å². The SMILES string of the molecule is COc1c(C2CCC(Cl)C2C)ccc(C)c1C. The van der Waals surface area contributed by atoms with Crippen LogP contribution in [-0.4, -0.2) is 12.5 Å². The summed E-state index contributed by atoms with van der Waals surface area (Å²) >= 11 is 6.33. The predicted octanol–water partition coefficient (Wildman–Crippen LogP) is 4.43. The maximum absolute atomic E-state index is 6.33. The molecule has 1 aromatic rings. The van der Waals surface area contributed by atoms with Crippen molar-refractivity contribution in [1.82, 2.24) is 0 Å². The molecule has 0 bridgehead atoms. The molecule has 1 aromatic carbocycles. The lowest BCUT2D eigenvalue weighted by molar-refractivity contribution is 0.395. The van der Waals surface area contributed by atoms with Gasteiger partial charge in [-0.15, -0.1) is 11.6 Å². The van der Waals surface area contributed by atoms with Crippen LogP contribution in [0.1, 0.15) is 42.4 Å². The Bertz CT molecular complexity index is 414. The van der Waals surface area contributed by atoms with Gasteiger partial charge in [0.15, 0.2) is 0 Å². The van der Waals surface area contributed by atoms with E-state index in [2.05, 4.69) is 32.9 Å². The van der Waals surface area contributed by atoms with Crippen molar-refractivity contribution in [1.29, 1.82) is 0 Å². The lowest BCUT2D eigenvalue weighted by Crippen LogP contribution is -2.11. The molecular weight excluding hydrogens is 232 g/mol. The van der Waals surface area contributed by atoms with Crippen LogP contribution in [-0.2, 0) is 0 Å². The summed E-state index contributed by atoms with van der Waals surface area (Å²) in [5.74, 6) is 2.15. The van der Waals surface area contributed by atoms with E-state index in [0.717, 1.165) is 12.2 Å². The van der Waals surface area contributed by atoms with Gasteiger partial charge in [-0.05, 0) is 55.2 Å². The summed E-state index contributed by atoms with van der Waals surface area (Å²) in [6.45, 7) is 6.52. The summed E-state index contributed by atoms with van der Waals surface area (Å²) in [5, 5.41) is 0.311. The predicted molar refractivity (Wildman–Crippen MR) is 73.2 cm³/mol.